The van der Waals surface area contributed by atoms with E-state index in [-0.39, 0.29) is 32.2 Å². The summed E-state index contributed by atoms with van der Waals surface area (Å²) in [6, 6.07) is 3.94. The first kappa shape index (κ1) is 16.7. The molecule has 1 amide bonds. The van der Waals surface area contributed by atoms with Gasteiger partial charge < -0.3 is 5.11 Å². The Morgan fingerprint density at radius 3 is 2.77 bits per heavy atom. The molecule has 0 bridgehead atoms. The van der Waals surface area contributed by atoms with Crippen LogP contribution in [0.25, 0.3) is 0 Å². The number of hydrogen-bond donors (Lipinski definition) is 2. The zero-order chi connectivity index (χ0) is 16.3. The third-order valence-corrected chi connectivity index (χ3v) is 5.56. The average molecular weight is 361 g/mol. The minimum absolute atomic E-state index is 0.00624. The Bertz CT molecular complexity index is 782. The summed E-state index contributed by atoms with van der Waals surface area (Å²) in [5, 5.41) is 13.6. The van der Waals surface area contributed by atoms with Crippen molar-refractivity contribution in [3.05, 3.63) is 34.2 Å². The van der Waals surface area contributed by atoms with Gasteiger partial charge in [-0.3, -0.25) is 10.1 Å². The molecule has 0 fully saturated rings. The monoisotopic (exact) mass is 360 g/mol. The van der Waals surface area contributed by atoms with E-state index in [0.29, 0.717) is 6.42 Å². The van der Waals surface area contributed by atoms with Gasteiger partial charge in [0.15, 0.2) is 20.0 Å². The lowest BCUT2D eigenvalue weighted by Gasteiger charge is -2.03. The van der Waals surface area contributed by atoms with Gasteiger partial charge in [0, 0.05) is 16.0 Å². The van der Waals surface area contributed by atoms with Gasteiger partial charge in [-0.25, -0.2) is 13.4 Å². The smallest absolute Gasteiger partial charge is 0.257 e. The number of phenolic OH excluding ortho intramolecular Hbond substituents is 1. The number of aromatic nitrogens is 1. The first-order chi connectivity index (χ1) is 10.3. The van der Waals surface area contributed by atoms with Crippen LogP contribution in [0.3, 0.4) is 0 Å². The lowest BCUT2D eigenvalue weighted by Crippen LogP contribution is -2.12. The first-order valence-electron chi connectivity index (χ1n) is 6.31. The van der Waals surface area contributed by atoms with E-state index in [0.717, 1.165) is 11.3 Å². The van der Waals surface area contributed by atoms with Crippen molar-refractivity contribution in [3.8, 4) is 5.75 Å². The number of carbonyl (C=O) groups excluding carboxylic acids is 1. The summed E-state index contributed by atoms with van der Waals surface area (Å²) in [5.74, 6) is -0.665. The molecule has 9 heteroatoms. The molecule has 0 unspecified atom stereocenters. The number of nitrogens with one attached hydrogen (secondary N) is 1. The van der Waals surface area contributed by atoms with E-state index in [2.05, 4.69) is 10.3 Å². The number of amides is 1. The number of carbonyl (C=O) groups is 1. The van der Waals surface area contributed by atoms with Crippen molar-refractivity contribution < 1.29 is 18.3 Å². The Kier molecular flexibility index (Phi) is 5.05. The predicted molar refractivity (Wildman–Crippen MR) is 85.5 cm³/mol. The van der Waals surface area contributed by atoms with Crippen LogP contribution >= 0.6 is 22.9 Å². The SMILES string of the molecule is CCCS(=O)(=O)c1csc(NC(=O)c2cc(O)cc(Cl)c2)n1. The maximum atomic E-state index is 12.0. The van der Waals surface area contributed by atoms with Gasteiger partial charge in [0.25, 0.3) is 5.91 Å². The molecule has 0 spiro atoms. The zero-order valence-electron chi connectivity index (χ0n) is 11.5. The molecule has 1 aromatic heterocycles. The fourth-order valence-corrected chi connectivity index (χ4v) is 4.27. The second-order valence-corrected chi connectivity index (χ2v) is 7.81. The van der Waals surface area contributed by atoms with Crippen molar-refractivity contribution in [2.45, 2.75) is 18.4 Å². The van der Waals surface area contributed by atoms with Gasteiger partial charge in [0.2, 0.25) is 0 Å². The largest absolute Gasteiger partial charge is 0.508 e. The van der Waals surface area contributed by atoms with E-state index in [1.54, 1.807) is 6.92 Å². The Hall–Kier alpha value is -1.64. The Morgan fingerprint density at radius 2 is 2.14 bits per heavy atom. The van der Waals surface area contributed by atoms with Crippen molar-refractivity contribution in [2.75, 3.05) is 11.1 Å². The number of anilines is 1. The van der Waals surface area contributed by atoms with Gasteiger partial charge in [-0.05, 0) is 24.6 Å². The van der Waals surface area contributed by atoms with Crippen LogP contribution in [0.2, 0.25) is 5.02 Å². The second-order valence-electron chi connectivity index (χ2n) is 4.46. The Balaban J connectivity index is 2.18. The summed E-state index contributed by atoms with van der Waals surface area (Å²) in [6.07, 6.45) is 0.489. The van der Waals surface area contributed by atoms with Crippen molar-refractivity contribution in [1.82, 2.24) is 4.98 Å². The van der Waals surface area contributed by atoms with Crippen molar-refractivity contribution >= 4 is 43.8 Å². The quantitative estimate of drug-likeness (QED) is 0.854. The Morgan fingerprint density at radius 1 is 1.41 bits per heavy atom. The number of nitrogens with zero attached hydrogens (tertiary/aromatic N) is 1. The number of sulfone groups is 1. The second kappa shape index (κ2) is 6.64. The third kappa shape index (κ3) is 3.96. The number of hydrogen-bond acceptors (Lipinski definition) is 6. The molecular formula is C13H13ClN2O4S2. The van der Waals surface area contributed by atoms with Crippen LogP contribution in [0, 0.1) is 0 Å². The predicted octanol–water partition coefficient (Wildman–Crippen LogP) is 2.94. The molecule has 0 saturated heterocycles. The van der Waals surface area contributed by atoms with E-state index in [9.17, 15) is 18.3 Å². The summed E-state index contributed by atoms with van der Waals surface area (Å²) < 4.78 is 23.7. The molecule has 0 atom stereocenters. The van der Waals surface area contributed by atoms with Crippen LogP contribution in [-0.4, -0.2) is 30.2 Å². The summed E-state index contributed by atoms with van der Waals surface area (Å²) in [4.78, 5) is 16.0. The lowest BCUT2D eigenvalue weighted by atomic mass is 10.2. The highest BCUT2D eigenvalue weighted by atomic mass is 35.5. The number of aromatic hydroxyl groups is 1. The van der Waals surface area contributed by atoms with E-state index < -0.39 is 15.7 Å². The molecule has 118 valence electrons. The van der Waals surface area contributed by atoms with Crippen molar-refractivity contribution in [3.63, 3.8) is 0 Å². The van der Waals surface area contributed by atoms with Crippen LogP contribution in [0.1, 0.15) is 23.7 Å². The molecule has 1 heterocycles. The molecule has 0 aliphatic carbocycles. The number of phenols is 1. The molecule has 2 aromatic rings. The van der Waals surface area contributed by atoms with Crippen LogP contribution < -0.4 is 5.32 Å². The van der Waals surface area contributed by atoms with Gasteiger partial charge in [-0.2, -0.15) is 0 Å². The van der Waals surface area contributed by atoms with E-state index >= 15 is 0 Å². The molecule has 22 heavy (non-hydrogen) atoms. The lowest BCUT2D eigenvalue weighted by molar-refractivity contribution is 0.102. The van der Waals surface area contributed by atoms with E-state index in [1.807, 2.05) is 0 Å². The highest BCUT2D eigenvalue weighted by Gasteiger charge is 2.18. The fourth-order valence-electron chi connectivity index (χ4n) is 1.71. The van der Waals surface area contributed by atoms with Crippen LogP contribution in [-0.2, 0) is 9.84 Å². The minimum Gasteiger partial charge on any atom is -0.508 e. The number of benzene rings is 1. The summed E-state index contributed by atoms with van der Waals surface area (Å²) in [5.41, 5.74) is 0.151. The van der Waals surface area contributed by atoms with Crippen LogP contribution in [0.4, 0.5) is 5.13 Å². The van der Waals surface area contributed by atoms with E-state index in [1.165, 1.54) is 23.6 Å². The standard InChI is InChI=1S/C13H13ClN2O4S2/c1-2-3-22(19,20)11-7-21-13(15-11)16-12(18)8-4-9(14)6-10(17)5-8/h4-7,17H,2-3H2,1H3,(H,15,16,18). The van der Waals surface area contributed by atoms with Crippen LogP contribution in [0.15, 0.2) is 28.6 Å². The summed E-state index contributed by atoms with van der Waals surface area (Å²) in [7, 11) is -3.42. The zero-order valence-corrected chi connectivity index (χ0v) is 13.9. The molecule has 6 nitrogen and oxygen atoms in total. The maximum absolute atomic E-state index is 12.0. The minimum atomic E-state index is -3.42. The van der Waals surface area contributed by atoms with Gasteiger partial charge >= 0.3 is 0 Å². The maximum Gasteiger partial charge on any atom is 0.257 e. The average Bonchev–Trinajstić information content (AvgIpc) is 2.86. The van der Waals surface area contributed by atoms with Crippen molar-refractivity contribution in [2.24, 2.45) is 0 Å². The van der Waals surface area contributed by atoms with Gasteiger partial charge in [-0.15, -0.1) is 11.3 Å². The fraction of sp³-hybridized carbons (Fsp3) is 0.231. The van der Waals surface area contributed by atoms with Gasteiger partial charge in [-0.1, -0.05) is 18.5 Å². The Labute approximate surface area is 136 Å². The summed E-state index contributed by atoms with van der Waals surface area (Å²) >= 11 is 6.78. The molecule has 1 aromatic carbocycles. The topological polar surface area (TPSA) is 96.4 Å². The first-order valence-corrected chi connectivity index (χ1v) is 9.22. The molecule has 0 saturated carbocycles. The molecule has 2 N–H and O–H groups in total. The van der Waals surface area contributed by atoms with Gasteiger partial charge in [0.1, 0.15) is 5.75 Å². The molecule has 0 aliphatic heterocycles. The molecular weight excluding hydrogens is 348 g/mol. The molecule has 2 rings (SSSR count). The van der Waals surface area contributed by atoms with Crippen LogP contribution in [0.5, 0.6) is 5.75 Å². The molecule has 0 aliphatic rings. The number of halogens is 1. The van der Waals surface area contributed by atoms with Gasteiger partial charge in [0.05, 0.1) is 5.75 Å². The van der Waals surface area contributed by atoms with E-state index in [4.69, 9.17) is 11.6 Å². The highest BCUT2D eigenvalue weighted by Crippen LogP contribution is 2.23. The highest BCUT2D eigenvalue weighted by molar-refractivity contribution is 7.91. The summed E-state index contributed by atoms with van der Waals surface area (Å²) in [6.45, 7) is 1.76. The normalized spacial score (nSPS) is 11.4. The third-order valence-electron chi connectivity index (χ3n) is 2.64. The number of thiazole rings is 1. The number of rotatable bonds is 5. The molecule has 0 radical (unpaired) electrons. The van der Waals surface area contributed by atoms with Crippen molar-refractivity contribution in [1.29, 1.82) is 0 Å².